The first kappa shape index (κ1) is 69.3. The van der Waals surface area contributed by atoms with Crippen molar-refractivity contribution in [1.82, 2.24) is 5.32 Å². The minimum absolute atomic E-state index is 0.0594. The Bertz CT molecular complexity index is 1510. The summed E-state index contributed by atoms with van der Waals surface area (Å²) in [6.45, 7) is 4.24. The summed E-state index contributed by atoms with van der Waals surface area (Å²) >= 11 is 0. The fourth-order valence-electron chi connectivity index (χ4n) is 8.52. The van der Waals surface area contributed by atoms with Gasteiger partial charge in [-0.3, -0.25) is 4.79 Å². The van der Waals surface area contributed by atoms with E-state index in [-0.39, 0.29) is 12.5 Å². The highest BCUT2D eigenvalue weighted by molar-refractivity contribution is 5.76. The van der Waals surface area contributed by atoms with Gasteiger partial charge in [-0.1, -0.05) is 301 Å². The van der Waals surface area contributed by atoms with Crippen LogP contribution in [0.3, 0.4) is 0 Å². The van der Waals surface area contributed by atoms with Crippen LogP contribution in [0.5, 0.6) is 0 Å². The smallest absolute Gasteiger partial charge is 0.220 e. The Kier molecular flexibility index (Phi) is 59.4. The second-order valence-corrected chi connectivity index (χ2v) is 20.0. The van der Waals surface area contributed by atoms with Crippen molar-refractivity contribution in [3.05, 3.63) is 146 Å². The number of unbranched alkanes of at least 4 members (excludes halogenated alkanes) is 23. The molecule has 0 radical (unpaired) electrons. The van der Waals surface area contributed by atoms with Gasteiger partial charge in [0.25, 0.3) is 0 Å². The molecule has 0 spiro atoms. The van der Waals surface area contributed by atoms with E-state index in [2.05, 4.69) is 165 Å². The number of hydrogen-bond donors (Lipinski definition) is 3. The molecule has 4 nitrogen and oxygen atoms in total. The quantitative estimate of drug-likeness (QED) is 0.0420. The molecular weight excluding hydrogens is 891 g/mol. The number of allylic oxidation sites excluding steroid dienone is 24. The van der Waals surface area contributed by atoms with E-state index < -0.39 is 12.1 Å². The maximum absolute atomic E-state index is 12.5. The fraction of sp³-hybridized carbons (Fsp3) is 0.638. The van der Waals surface area contributed by atoms with Gasteiger partial charge in [0.1, 0.15) is 0 Å². The Hall–Kier alpha value is -3.73. The van der Waals surface area contributed by atoms with Gasteiger partial charge in [0.05, 0.1) is 18.8 Å². The zero-order chi connectivity index (χ0) is 52.7. The van der Waals surface area contributed by atoms with Crippen molar-refractivity contribution in [2.45, 2.75) is 276 Å². The summed E-state index contributed by atoms with van der Waals surface area (Å²) in [7, 11) is 0. The third-order valence-electron chi connectivity index (χ3n) is 13.1. The van der Waals surface area contributed by atoms with Crippen LogP contribution in [0.25, 0.3) is 0 Å². The maximum Gasteiger partial charge on any atom is 0.220 e. The van der Waals surface area contributed by atoms with Crippen LogP contribution in [0, 0.1) is 0 Å². The minimum Gasteiger partial charge on any atom is -0.394 e. The van der Waals surface area contributed by atoms with E-state index in [4.69, 9.17) is 0 Å². The van der Waals surface area contributed by atoms with Gasteiger partial charge in [-0.25, -0.2) is 0 Å². The zero-order valence-corrected chi connectivity index (χ0v) is 47.6. The largest absolute Gasteiger partial charge is 0.394 e. The van der Waals surface area contributed by atoms with Crippen molar-refractivity contribution in [3.63, 3.8) is 0 Å². The number of hydrogen-bond acceptors (Lipinski definition) is 3. The van der Waals surface area contributed by atoms with Crippen LogP contribution in [0.15, 0.2) is 146 Å². The van der Waals surface area contributed by atoms with Gasteiger partial charge in [-0.05, 0) is 103 Å². The number of aliphatic hydroxyl groups excluding tert-OH is 2. The first-order valence-corrected chi connectivity index (χ1v) is 30.5. The molecule has 0 aromatic heterocycles. The van der Waals surface area contributed by atoms with E-state index in [0.29, 0.717) is 12.8 Å². The van der Waals surface area contributed by atoms with Gasteiger partial charge >= 0.3 is 0 Å². The average Bonchev–Trinajstić information content (AvgIpc) is 3.40. The van der Waals surface area contributed by atoms with Crippen molar-refractivity contribution in [2.24, 2.45) is 0 Å². The molecule has 0 fully saturated rings. The number of amides is 1. The monoisotopic (exact) mass is 1010 g/mol. The van der Waals surface area contributed by atoms with Crippen molar-refractivity contribution < 1.29 is 15.0 Å². The third-order valence-corrected chi connectivity index (χ3v) is 13.1. The lowest BCUT2D eigenvalue weighted by Crippen LogP contribution is -2.45. The molecule has 0 bridgehead atoms. The Morgan fingerprint density at radius 1 is 0.342 bits per heavy atom. The summed E-state index contributed by atoms with van der Waals surface area (Å²) in [6, 6.07) is -0.561. The molecule has 0 aromatic carbocycles. The van der Waals surface area contributed by atoms with Crippen LogP contribution in [-0.4, -0.2) is 34.9 Å². The standard InChI is InChI=1S/C69H115NO3/c1-3-5-7-9-11-13-15-17-19-21-23-25-26-27-28-29-30-31-32-33-34-35-36-37-38-39-40-41-42-43-44-45-47-49-51-53-55-57-59-61-63-65-69(73)70-67(66-71)68(72)64-62-60-58-56-54-52-50-48-46-24-22-20-18-16-14-12-10-8-6-4-2/h5,7,11,13,17,19,23,25,27-28,30-31,33-34,36-37,39-40,42-43,45,47,51,53,67-68,71-72H,3-4,6,8-10,12,14-16,18,20-22,24,26,29,32,35,38,41,44,46,48-50,52,54-66H2,1-2H3,(H,70,73)/b7-5-,13-11-,19-17-,25-23-,28-27-,31-30-,34-33-,37-36-,40-39-,43-42-,47-45-,53-51-. The van der Waals surface area contributed by atoms with Crippen LogP contribution in [0.1, 0.15) is 264 Å². The molecule has 0 saturated heterocycles. The van der Waals surface area contributed by atoms with E-state index >= 15 is 0 Å². The molecule has 1 amide bonds. The summed E-state index contributed by atoms with van der Waals surface area (Å²) in [5.41, 5.74) is 0. The topological polar surface area (TPSA) is 69.6 Å². The molecular formula is C69H115NO3. The summed E-state index contributed by atoms with van der Waals surface area (Å²) in [5.74, 6) is -0.0594. The highest BCUT2D eigenvalue weighted by Gasteiger charge is 2.20. The Balaban J connectivity index is 3.66. The van der Waals surface area contributed by atoms with E-state index in [1.165, 1.54) is 116 Å². The average molecular weight is 1010 g/mol. The van der Waals surface area contributed by atoms with Crippen LogP contribution >= 0.6 is 0 Å². The predicted molar refractivity (Wildman–Crippen MR) is 326 cm³/mol. The highest BCUT2D eigenvalue weighted by atomic mass is 16.3. The molecule has 0 aliphatic heterocycles. The molecule has 4 heteroatoms. The maximum atomic E-state index is 12.5. The van der Waals surface area contributed by atoms with Crippen molar-refractivity contribution in [3.8, 4) is 0 Å². The lowest BCUT2D eigenvalue weighted by molar-refractivity contribution is -0.123. The molecule has 2 unspecified atom stereocenters. The Labute approximate surface area is 453 Å². The molecule has 0 rings (SSSR count). The van der Waals surface area contributed by atoms with Crippen LogP contribution in [-0.2, 0) is 4.79 Å². The molecule has 73 heavy (non-hydrogen) atoms. The highest BCUT2D eigenvalue weighted by Crippen LogP contribution is 2.16. The van der Waals surface area contributed by atoms with Gasteiger partial charge in [-0.2, -0.15) is 0 Å². The summed E-state index contributed by atoms with van der Waals surface area (Å²) in [4.78, 5) is 12.5. The fourth-order valence-corrected chi connectivity index (χ4v) is 8.52. The van der Waals surface area contributed by atoms with Gasteiger partial charge < -0.3 is 15.5 Å². The minimum atomic E-state index is -0.682. The molecule has 414 valence electrons. The molecule has 3 N–H and O–H groups in total. The van der Waals surface area contributed by atoms with E-state index in [0.717, 1.165) is 122 Å². The second-order valence-electron chi connectivity index (χ2n) is 20.0. The Morgan fingerprint density at radius 2 is 0.603 bits per heavy atom. The van der Waals surface area contributed by atoms with E-state index in [9.17, 15) is 15.0 Å². The van der Waals surface area contributed by atoms with E-state index in [1.54, 1.807) is 0 Å². The van der Waals surface area contributed by atoms with Crippen molar-refractivity contribution in [2.75, 3.05) is 6.61 Å². The SMILES string of the molecule is CC/C=C\C/C=C\C/C=C\C/C=C\C/C=C\C/C=C\C/C=C\C/C=C\C/C=C\C/C=C\C/C=C\C/C=C\CCCCCCC(=O)NC(CO)C(O)CCCCCCCCCCCCCCCCCCCCCC. The van der Waals surface area contributed by atoms with Gasteiger partial charge in [0.2, 0.25) is 5.91 Å². The van der Waals surface area contributed by atoms with Gasteiger partial charge in [-0.15, -0.1) is 0 Å². The van der Waals surface area contributed by atoms with Crippen molar-refractivity contribution in [1.29, 1.82) is 0 Å². The lowest BCUT2D eigenvalue weighted by atomic mass is 10.0. The predicted octanol–water partition coefficient (Wildman–Crippen LogP) is 20.8. The third kappa shape index (κ3) is 59.0. The van der Waals surface area contributed by atoms with Gasteiger partial charge in [0.15, 0.2) is 0 Å². The van der Waals surface area contributed by atoms with Crippen LogP contribution in [0.2, 0.25) is 0 Å². The van der Waals surface area contributed by atoms with Crippen LogP contribution < -0.4 is 5.32 Å². The number of aliphatic hydroxyl groups is 2. The molecule has 2 atom stereocenters. The summed E-state index contributed by atoms with van der Waals surface area (Å²) in [5, 5.41) is 23.3. The molecule has 0 saturated carbocycles. The van der Waals surface area contributed by atoms with E-state index in [1.807, 2.05) is 0 Å². The number of rotatable bonds is 54. The molecule has 0 aliphatic carbocycles. The van der Waals surface area contributed by atoms with Crippen LogP contribution in [0.4, 0.5) is 0 Å². The number of carbonyl (C=O) groups is 1. The summed E-state index contributed by atoms with van der Waals surface area (Å²) < 4.78 is 0. The zero-order valence-electron chi connectivity index (χ0n) is 47.6. The van der Waals surface area contributed by atoms with Crippen molar-refractivity contribution >= 4 is 5.91 Å². The molecule has 0 aromatic rings. The number of nitrogens with one attached hydrogen (secondary N) is 1. The first-order valence-electron chi connectivity index (χ1n) is 30.5. The first-order chi connectivity index (χ1) is 36.2. The summed E-state index contributed by atoms with van der Waals surface area (Å²) in [6.07, 6.45) is 98.4. The molecule has 0 aliphatic rings. The second kappa shape index (κ2) is 62.6. The lowest BCUT2D eigenvalue weighted by Gasteiger charge is -2.22. The number of carbonyl (C=O) groups excluding carboxylic acids is 1. The normalized spacial score (nSPS) is 13.9. The Morgan fingerprint density at radius 3 is 0.904 bits per heavy atom. The molecule has 0 heterocycles. The van der Waals surface area contributed by atoms with Gasteiger partial charge in [0, 0.05) is 6.42 Å².